The van der Waals surface area contributed by atoms with Crippen molar-refractivity contribution in [2.45, 2.75) is 19.5 Å². The number of aromatic nitrogens is 2. The Morgan fingerprint density at radius 3 is 2.90 bits per heavy atom. The van der Waals surface area contributed by atoms with Crippen LogP contribution in [0, 0.1) is 0 Å². The minimum atomic E-state index is -0.0420. The van der Waals surface area contributed by atoms with E-state index in [1.807, 2.05) is 48.7 Å². The lowest BCUT2D eigenvalue weighted by molar-refractivity contribution is 0.571. The summed E-state index contributed by atoms with van der Waals surface area (Å²) in [5, 5.41) is 4.41. The third-order valence-corrected chi connectivity index (χ3v) is 3.61. The van der Waals surface area contributed by atoms with Crippen LogP contribution in [-0.2, 0) is 6.54 Å². The summed E-state index contributed by atoms with van der Waals surface area (Å²) >= 11 is 0. The van der Waals surface area contributed by atoms with Crippen molar-refractivity contribution in [2.75, 3.05) is 0 Å². The predicted molar refractivity (Wildman–Crippen MR) is 84.1 cm³/mol. The number of nitrogens with one attached hydrogen (secondary N) is 2. The van der Waals surface area contributed by atoms with Crippen LogP contribution in [0.2, 0.25) is 0 Å². The van der Waals surface area contributed by atoms with Crippen molar-refractivity contribution in [1.29, 1.82) is 0 Å². The van der Waals surface area contributed by atoms with Crippen molar-refractivity contribution < 1.29 is 0 Å². The van der Waals surface area contributed by atoms with Gasteiger partial charge in [-0.2, -0.15) is 0 Å². The van der Waals surface area contributed by atoms with Crippen LogP contribution in [0.15, 0.2) is 59.7 Å². The Bertz CT molecular complexity index is 796. The molecule has 3 aromatic rings. The number of rotatable bonds is 4. The molecule has 0 saturated heterocycles. The van der Waals surface area contributed by atoms with Crippen LogP contribution in [0.3, 0.4) is 0 Å². The fraction of sp³-hybridized carbons (Fsp3) is 0.176. The third-order valence-electron chi connectivity index (χ3n) is 3.61. The highest BCUT2D eigenvalue weighted by atomic mass is 16.1. The summed E-state index contributed by atoms with van der Waals surface area (Å²) in [6, 6.07) is 13.8. The van der Waals surface area contributed by atoms with Gasteiger partial charge in [-0.3, -0.25) is 9.78 Å². The number of pyridine rings is 2. The summed E-state index contributed by atoms with van der Waals surface area (Å²) in [6.07, 6.45) is 3.59. The first-order valence-corrected chi connectivity index (χ1v) is 6.98. The van der Waals surface area contributed by atoms with Gasteiger partial charge in [0.15, 0.2) is 0 Å². The van der Waals surface area contributed by atoms with Gasteiger partial charge in [0.05, 0.1) is 0 Å². The summed E-state index contributed by atoms with van der Waals surface area (Å²) in [5.74, 6) is 0. The van der Waals surface area contributed by atoms with Gasteiger partial charge >= 0.3 is 0 Å². The van der Waals surface area contributed by atoms with E-state index in [0.29, 0.717) is 6.54 Å². The second kappa shape index (κ2) is 5.89. The van der Waals surface area contributed by atoms with Gasteiger partial charge in [0, 0.05) is 36.1 Å². The topological polar surface area (TPSA) is 57.8 Å². The van der Waals surface area contributed by atoms with Gasteiger partial charge < -0.3 is 10.3 Å². The lowest BCUT2D eigenvalue weighted by atomic mass is 10.1. The average Bonchev–Trinajstić information content (AvgIpc) is 2.53. The van der Waals surface area contributed by atoms with Crippen LogP contribution >= 0.6 is 0 Å². The van der Waals surface area contributed by atoms with Gasteiger partial charge in [0.2, 0.25) is 0 Å². The highest BCUT2D eigenvalue weighted by molar-refractivity contribution is 5.78. The summed E-state index contributed by atoms with van der Waals surface area (Å²) in [5.41, 5.74) is 2.67. The molecule has 2 heterocycles. The van der Waals surface area contributed by atoms with Crippen LogP contribution in [0.1, 0.15) is 24.1 Å². The van der Waals surface area contributed by atoms with E-state index in [1.165, 1.54) is 0 Å². The normalized spacial score (nSPS) is 12.4. The Morgan fingerprint density at radius 1 is 1.24 bits per heavy atom. The quantitative estimate of drug-likeness (QED) is 0.772. The van der Waals surface area contributed by atoms with E-state index in [4.69, 9.17) is 0 Å². The highest BCUT2D eigenvalue weighted by Crippen LogP contribution is 2.13. The first kappa shape index (κ1) is 13.5. The molecule has 0 amide bonds. The first-order valence-electron chi connectivity index (χ1n) is 6.98. The van der Waals surface area contributed by atoms with E-state index in [0.717, 1.165) is 22.0 Å². The monoisotopic (exact) mass is 279 g/mol. The average molecular weight is 279 g/mol. The molecule has 21 heavy (non-hydrogen) atoms. The molecule has 0 aliphatic rings. The molecule has 4 heteroatoms. The van der Waals surface area contributed by atoms with Crippen LogP contribution in [0.25, 0.3) is 10.9 Å². The predicted octanol–water partition coefficient (Wildman–Crippen LogP) is 2.77. The maximum absolute atomic E-state index is 12.1. The van der Waals surface area contributed by atoms with Gasteiger partial charge in [0.25, 0.3) is 5.56 Å². The summed E-state index contributed by atoms with van der Waals surface area (Å²) in [7, 11) is 0. The van der Waals surface area contributed by atoms with E-state index in [9.17, 15) is 4.79 Å². The van der Waals surface area contributed by atoms with Gasteiger partial charge in [-0.05, 0) is 36.1 Å². The molecule has 0 aliphatic carbocycles. The standard InChI is InChI=1S/C17H17N3O/c1-12(14-6-4-8-18-10-14)19-11-15-9-13-5-2-3-7-16(13)20-17(15)21/h2-10,12,19H,11H2,1H3,(H,20,21)/t12-/m1/s1. The number of hydrogen-bond donors (Lipinski definition) is 2. The Balaban J connectivity index is 1.79. The number of benzene rings is 1. The lowest BCUT2D eigenvalue weighted by Crippen LogP contribution is -2.23. The number of hydrogen-bond acceptors (Lipinski definition) is 3. The molecule has 0 fully saturated rings. The van der Waals surface area contributed by atoms with Crippen molar-refractivity contribution in [3.8, 4) is 0 Å². The molecule has 4 nitrogen and oxygen atoms in total. The molecule has 0 spiro atoms. The third kappa shape index (κ3) is 3.01. The molecule has 0 saturated carbocycles. The molecule has 3 rings (SSSR count). The minimum absolute atomic E-state index is 0.0420. The Kier molecular flexibility index (Phi) is 3.79. The molecule has 1 aromatic carbocycles. The first-order chi connectivity index (χ1) is 10.2. The summed E-state index contributed by atoms with van der Waals surface area (Å²) in [4.78, 5) is 19.1. The minimum Gasteiger partial charge on any atom is -0.322 e. The van der Waals surface area contributed by atoms with Gasteiger partial charge in [-0.25, -0.2) is 0 Å². The van der Waals surface area contributed by atoms with Crippen molar-refractivity contribution in [3.63, 3.8) is 0 Å². The van der Waals surface area contributed by atoms with E-state index in [-0.39, 0.29) is 11.6 Å². The second-order valence-corrected chi connectivity index (χ2v) is 5.10. The molecule has 1 atom stereocenters. The summed E-state index contributed by atoms with van der Waals surface area (Å²) < 4.78 is 0. The van der Waals surface area contributed by atoms with E-state index < -0.39 is 0 Å². The van der Waals surface area contributed by atoms with Gasteiger partial charge in [-0.15, -0.1) is 0 Å². The fourth-order valence-electron chi connectivity index (χ4n) is 2.34. The SMILES string of the molecule is C[C@@H](NCc1cc2ccccc2[nH]c1=O)c1cccnc1. The van der Waals surface area contributed by atoms with E-state index in [1.54, 1.807) is 6.20 Å². The zero-order chi connectivity index (χ0) is 14.7. The van der Waals surface area contributed by atoms with Crippen molar-refractivity contribution in [2.24, 2.45) is 0 Å². The van der Waals surface area contributed by atoms with Crippen molar-refractivity contribution in [3.05, 3.63) is 76.3 Å². The Hall–Kier alpha value is -2.46. The number of H-pyrrole nitrogens is 1. The lowest BCUT2D eigenvalue weighted by Gasteiger charge is -2.13. The fourth-order valence-corrected chi connectivity index (χ4v) is 2.34. The van der Waals surface area contributed by atoms with Gasteiger partial charge in [-0.1, -0.05) is 24.3 Å². The molecular weight excluding hydrogens is 262 g/mol. The van der Waals surface area contributed by atoms with Crippen molar-refractivity contribution in [1.82, 2.24) is 15.3 Å². The van der Waals surface area contributed by atoms with E-state index in [2.05, 4.69) is 22.2 Å². The zero-order valence-corrected chi connectivity index (χ0v) is 11.8. The largest absolute Gasteiger partial charge is 0.322 e. The van der Waals surface area contributed by atoms with Crippen molar-refractivity contribution >= 4 is 10.9 Å². The molecule has 0 unspecified atom stereocenters. The van der Waals surface area contributed by atoms with Crippen LogP contribution in [0.4, 0.5) is 0 Å². The van der Waals surface area contributed by atoms with Crippen LogP contribution < -0.4 is 10.9 Å². The molecule has 106 valence electrons. The number of aromatic amines is 1. The molecule has 0 aliphatic heterocycles. The Labute approximate surface area is 122 Å². The van der Waals surface area contributed by atoms with E-state index >= 15 is 0 Å². The Morgan fingerprint density at radius 2 is 2.10 bits per heavy atom. The molecule has 2 aromatic heterocycles. The smallest absolute Gasteiger partial charge is 0.252 e. The number of nitrogens with zero attached hydrogens (tertiary/aromatic N) is 1. The summed E-state index contributed by atoms with van der Waals surface area (Å²) in [6.45, 7) is 2.59. The number of fused-ring (bicyclic) bond motifs is 1. The van der Waals surface area contributed by atoms with Gasteiger partial charge in [0.1, 0.15) is 0 Å². The zero-order valence-electron chi connectivity index (χ0n) is 11.8. The second-order valence-electron chi connectivity index (χ2n) is 5.10. The number of para-hydroxylation sites is 1. The molecule has 0 radical (unpaired) electrons. The molecule has 2 N–H and O–H groups in total. The maximum Gasteiger partial charge on any atom is 0.252 e. The molecular formula is C17H17N3O. The van der Waals surface area contributed by atoms with Crippen LogP contribution in [0.5, 0.6) is 0 Å². The molecule has 0 bridgehead atoms. The van der Waals surface area contributed by atoms with Crippen LogP contribution in [-0.4, -0.2) is 9.97 Å². The maximum atomic E-state index is 12.1. The highest BCUT2D eigenvalue weighted by Gasteiger charge is 2.07.